The first-order chi connectivity index (χ1) is 5.88. The van der Waals surface area contributed by atoms with Gasteiger partial charge >= 0.3 is 0 Å². The molecule has 13 heavy (non-hydrogen) atoms. The summed E-state index contributed by atoms with van der Waals surface area (Å²) in [4.78, 5) is 0.371. The molecule has 0 unspecified atom stereocenters. The molecule has 0 aliphatic rings. The molecule has 1 nitrogen and oxygen atoms in total. The predicted molar refractivity (Wildman–Crippen MR) is 49.3 cm³/mol. The molecule has 0 radical (unpaired) electrons. The Morgan fingerprint density at radius 1 is 1.38 bits per heavy atom. The second-order valence-electron chi connectivity index (χ2n) is 2.86. The number of alkyl halides is 2. The van der Waals surface area contributed by atoms with Crippen molar-refractivity contribution in [3.8, 4) is 5.75 Å². The van der Waals surface area contributed by atoms with Crippen LogP contribution in [0.3, 0.4) is 0 Å². The van der Waals surface area contributed by atoms with Crippen molar-refractivity contribution in [2.75, 3.05) is 0 Å². The van der Waals surface area contributed by atoms with Gasteiger partial charge in [0.05, 0.1) is 0 Å². The molecule has 0 aromatic heterocycles. The molecule has 1 N–H and O–H groups in total. The molecule has 0 atom stereocenters. The van der Waals surface area contributed by atoms with E-state index in [0.29, 0.717) is 22.2 Å². The molecule has 0 amide bonds. The van der Waals surface area contributed by atoms with Crippen LogP contribution in [0.4, 0.5) is 8.78 Å². The van der Waals surface area contributed by atoms with Crippen molar-refractivity contribution in [1.29, 1.82) is 0 Å². The highest BCUT2D eigenvalue weighted by atomic mass is 32.2. The van der Waals surface area contributed by atoms with E-state index in [2.05, 4.69) is 0 Å². The summed E-state index contributed by atoms with van der Waals surface area (Å²) in [5, 5.41) is 6.43. The lowest BCUT2D eigenvalue weighted by molar-refractivity contribution is 0.129. The number of hydrogen-bond acceptors (Lipinski definition) is 2. The van der Waals surface area contributed by atoms with Crippen molar-refractivity contribution in [3.63, 3.8) is 0 Å². The average molecular weight is 204 g/mol. The third-order valence-electron chi connectivity index (χ3n) is 1.48. The maximum absolute atomic E-state index is 12.5. The molecule has 72 valence electrons. The SMILES string of the molecule is Cc1ccc(SC(C)(F)F)cc1O. The lowest BCUT2D eigenvalue weighted by Gasteiger charge is -2.09. The van der Waals surface area contributed by atoms with Gasteiger partial charge in [-0.3, -0.25) is 0 Å². The van der Waals surface area contributed by atoms with Gasteiger partial charge in [0.15, 0.2) is 0 Å². The van der Waals surface area contributed by atoms with E-state index in [1.165, 1.54) is 6.07 Å². The van der Waals surface area contributed by atoms with Crippen molar-refractivity contribution in [3.05, 3.63) is 23.8 Å². The number of hydrogen-bond donors (Lipinski definition) is 1. The zero-order valence-electron chi connectivity index (χ0n) is 7.34. The van der Waals surface area contributed by atoms with E-state index in [0.717, 1.165) is 6.92 Å². The largest absolute Gasteiger partial charge is 0.508 e. The monoisotopic (exact) mass is 204 g/mol. The Labute approximate surface area is 79.8 Å². The highest BCUT2D eigenvalue weighted by molar-refractivity contribution is 8.00. The molecule has 0 bridgehead atoms. The van der Waals surface area contributed by atoms with Gasteiger partial charge in [-0.2, -0.15) is 8.78 Å². The number of benzene rings is 1. The Morgan fingerprint density at radius 3 is 2.46 bits per heavy atom. The molecule has 0 aliphatic carbocycles. The maximum Gasteiger partial charge on any atom is 0.295 e. The van der Waals surface area contributed by atoms with Crippen LogP contribution in [0.1, 0.15) is 12.5 Å². The van der Waals surface area contributed by atoms with E-state index in [4.69, 9.17) is 0 Å². The van der Waals surface area contributed by atoms with E-state index in [1.54, 1.807) is 19.1 Å². The molecular weight excluding hydrogens is 194 g/mol. The topological polar surface area (TPSA) is 20.2 Å². The summed E-state index contributed by atoms with van der Waals surface area (Å²) in [7, 11) is 0. The van der Waals surface area contributed by atoms with Crippen LogP contribution in [0.25, 0.3) is 0 Å². The second-order valence-corrected chi connectivity index (χ2v) is 4.25. The van der Waals surface area contributed by atoms with Gasteiger partial charge in [0.1, 0.15) is 5.75 Å². The summed E-state index contributed by atoms with van der Waals surface area (Å²) in [6.45, 7) is 2.54. The van der Waals surface area contributed by atoms with Gasteiger partial charge in [-0.15, -0.1) is 0 Å². The van der Waals surface area contributed by atoms with Crippen molar-refractivity contribution in [2.45, 2.75) is 24.0 Å². The van der Waals surface area contributed by atoms with Crippen molar-refractivity contribution in [1.82, 2.24) is 0 Å². The summed E-state index contributed by atoms with van der Waals surface area (Å²) in [5.74, 6) is 0.0502. The Kier molecular flexibility index (Phi) is 2.81. The molecular formula is C9H10F2OS. The van der Waals surface area contributed by atoms with Crippen molar-refractivity contribution in [2.24, 2.45) is 0 Å². The predicted octanol–water partition coefficient (Wildman–Crippen LogP) is 3.41. The Morgan fingerprint density at radius 2 is 2.00 bits per heavy atom. The van der Waals surface area contributed by atoms with Crippen LogP contribution in [0, 0.1) is 6.92 Å². The number of aryl methyl sites for hydroxylation is 1. The molecule has 0 aliphatic heterocycles. The quantitative estimate of drug-likeness (QED) is 0.745. The fourth-order valence-electron chi connectivity index (χ4n) is 0.860. The van der Waals surface area contributed by atoms with Gasteiger partial charge in [-0.25, -0.2) is 0 Å². The number of phenolic OH excluding ortho intramolecular Hbond substituents is 1. The minimum absolute atomic E-state index is 0.0502. The molecule has 1 aromatic rings. The number of thioether (sulfide) groups is 1. The van der Waals surface area contributed by atoms with Gasteiger partial charge in [0, 0.05) is 11.8 Å². The summed E-state index contributed by atoms with van der Waals surface area (Å²) < 4.78 is 25.0. The van der Waals surface area contributed by atoms with Crippen LogP contribution in [0.15, 0.2) is 23.1 Å². The fourth-order valence-corrected chi connectivity index (χ4v) is 1.58. The number of phenols is 1. The summed E-state index contributed by atoms with van der Waals surface area (Å²) in [6.07, 6.45) is 0. The Bertz CT molecular complexity index is 307. The zero-order chi connectivity index (χ0) is 10.1. The average Bonchev–Trinajstić information content (AvgIpc) is 1.94. The van der Waals surface area contributed by atoms with E-state index in [1.807, 2.05) is 0 Å². The van der Waals surface area contributed by atoms with Crippen molar-refractivity contribution >= 4 is 11.8 Å². The minimum Gasteiger partial charge on any atom is -0.508 e. The van der Waals surface area contributed by atoms with Crippen LogP contribution < -0.4 is 0 Å². The Hall–Kier alpha value is -0.770. The molecule has 4 heteroatoms. The highest BCUT2D eigenvalue weighted by Crippen LogP contribution is 2.36. The molecule has 1 rings (SSSR count). The normalized spacial score (nSPS) is 11.7. The third kappa shape index (κ3) is 3.22. The van der Waals surface area contributed by atoms with E-state index in [-0.39, 0.29) is 5.75 Å². The first-order valence-electron chi connectivity index (χ1n) is 3.75. The highest BCUT2D eigenvalue weighted by Gasteiger charge is 2.22. The molecule has 0 fully saturated rings. The van der Waals surface area contributed by atoms with E-state index < -0.39 is 5.25 Å². The molecule has 0 spiro atoms. The summed E-state index contributed by atoms with van der Waals surface area (Å²) in [6, 6.07) is 4.53. The summed E-state index contributed by atoms with van der Waals surface area (Å²) >= 11 is 0.430. The van der Waals surface area contributed by atoms with Gasteiger partial charge in [-0.1, -0.05) is 17.8 Å². The molecule has 0 saturated carbocycles. The molecule has 0 saturated heterocycles. The number of rotatable bonds is 2. The van der Waals surface area contributed by atoms with E-state index in [9.17, 15) is 13.9 Å². The van der Waals surface area contributed by atoms with E-state index >= 15 is 0 Å². The minimum atomic E-state index is -2.80. The van der Waals surface area contributed by atoms with Gasteiger partial charge < -0.3 is 5.11 Å². The van der Waals surface area contributed by atoms with Crippen LogP contribution in [-0.4, -0.2) is 10.4 Å². The zero-order valence-corrected chi connectivity index (χ0v) is 8.16. The smallest absolute Gasteiger partial charge is 0.295 e. The number of aromatic hydroxyl groups is 1. The van der Waals surface area contributed by atoms with Gasteiger partial charge in [-0.05, 0) is 24.6 Å². The molecule has 1 aromatic carbocycles. The summed E-state index contributed by atoms with van der Waals surface area (Å²) in [5.41, 5.74) is 0.684. The lowest BCUT2D eigenvalue weighted by Crippen LogP contribution is -2.01. The first-order valence-corrected chi connectivity index (χ1v) is 4.56. The Balaban J connectivity index is 2.86. The van der Waals surface area contributed by atoms with Gasteiger partial charge in [0.2, 0.25) is 0 Å². The van der Waals surface area contributed by atoms with Gasteiger partial charge in [0.25, 0.3) is 5.25 Å². The van der Waals surface area contributed by atoms with Crippen molar-refractivity contribution < 1.29 is 13.9 Å². The third-order valence-corrected chi connectivity index (χ3v) is 2.33. The van der Waals surface area contributed by atoms with Crippen LogP contribution in [0.2, 0.25) is 0 Å². The lowest BCUT2D eigenvalue weighted by atomic mass is 10.2. The fraction of sp³-hybridized carbons (Fsp3) is 0.333. The maximum atomic E-state index is 12.5. The van der Waals surface area contributed by atoms with Crippen LogP contribution >= 0.6 is 11.8 Å². The van der Waals surface area contributed by atoms with Crippen LogP contribution in [0.5, 0.6) is 5.75 Å². The standard InChI is InChI=1S/C9H10F2OS/c1-6-3-4-7(5-8(6)12)13-9(2,10)11/h3-5,12H,1-2H3. The van der Waals surface area contributed by atoms with Crippen LogP contribution in [-0.2, 0) is 0 Å². The number of halogens is 2. The molecule has 0 heterocycles. The first kappa shape index (κ1) is 10.3. The second kappa shape index (κ2) is 3.54.